The first-order valence-corrected chi connectivity index (χ1v) is 12.4. The molecule has 1 fully saturated rings. The second kappa shape index (κ2) is 10.3. The Morgan fingerprint density at radius 1 is 1.00 bits per heavy atom. The zero-order chi connectivity index (χ0) is 25.1. The lowest BCUT2D eigenvalue weighted by Gasteiger charge is -2.30. The van der Waals surface area contributed by atoms with E-state index in [0.717, 1.165) is 67.1 Å². The van der Waals surface area contributed by atoms with E-state index in [-0.39, 0.29) is 17.7 Å². The molecule has 0 aliphatic carbocycles. The molecule has 0 atom stereocenters. The molecule has 0 saturated carbocycles. The van der Waals surface area contributed by atoms with Crippen molar-refractivity contribution in [3.63, 3.8) is 0 Å². The molecular weight excluding hydrogens is 450 g/mol. The minimum atomic E-state index is -0.177. The summed E-state index contributed by atoms with van der Waals surface area (Å²) in [5.74, 6) is 0.563. The number of aromatic nitrogens is 2. The molecule has 2 amide bonds. The van der Waals surface area contributed by atoms with Crippen LogP contribution in [-0.4, -0.2) is 45.9 Å². The van der Waals surface area contributed by atoms with Gasteiger partial charge in [0.05, 0.1) is 11.0 Å². The Labute approximate surface area is 210 Å². The quantitative estimate of drug-likeness (QED) is 0.411. The number of amides is 2. The number of nitrogens with one attached hydrogen (secondary N) is 1. The number of hydrogen-bond acceptors (Lipinski definition) is 4. The van der Waals surface area contributed by atoms with Crippen molar-refractivity contribution in [2.45, 2.75) is 26.2 Å². The Balaban J connectivity index is 1.20. The molecule has 0 radical (unpaired) electrons. The molecule has 7 heteroatoms. The molecule has 3 aromatic carbocycles. The molecule has 3 N–H and O–H groups in total. The van der Waals surface area contributed by atoms with Crippen molar-refractivity contribution in [1.82, 2.24) is 14.5 Å². The van der Waals surface area contributed by atoms with Crippen molar-refractivity contribution in [2.75, 3.05) is 25.0 Å². The second-order valence-corrected chi connectivity index (χ2v) is 9.45. The van der Waals surface area contributed by atoms with Crippen molar-refractivity contribution in [2.24, 2.45) is 11.7 Å². The Bertz CT molecular complexity index is 1370. The summed E-state index contributed by atoms with van der Waals surface area (Å²) in [5, 5.41) is 3.00. The Morgan fingerprint density at radius 3 is 2.42 bits per heavy atom. The zero-order valence-electron chi connectivity index (χ0n) is 20.5. The molecule has 1 aliphatic heterocycles. The maximum Gasteiger partial charge on any atom is 0.255 e. The summed E-state index contributed by atoms with van der Waals surface area (Å²) in [4.78, 5) is 31.3. The largest absolute Gasteiger partial charge is 0.369 e. The van der Waals surface area contributed by atoms with E-state index in [1.165, 1.54) is 5.56 Å². The number of carbonyl (C=O) groups excluding carboxylic acids is 2. The highest BCUT2D eigenvalue weighted by atomic mass is 16.2. The van der Waals surface area contributed by atoms with Gasteiger partial charge in [-0.1, -0.05) is 30.3 Å². The molecule has 7 nitrogen and oxygen atoms in total. The highest BCUT2D eigenvalue weighted by Gasteiger charge is 2.22. The van der Waals surface area contributed by atoms with Crippen LogP contribution in [0.4, 0.5) is 5.69 Å². The van der Waals surface area contributed by atoms with E-state index in [1.54, 1.807) is 0 Å². The van der Waals surface area contributed by atoms with E-state index < -0.39 is 0 Å². The van der Waals surface area contributed by atoms with Crippen LogP contribution in [-0.2, 0) is 11.2 Å². The molecule has 2 heterocycles. The number of anilines is 1. The Morgan fingerprint density at radius 2 is 1.72 bits per heavy atom. The maximum absolute atomic E-state index is 12.9. The number of aryl methyl sites for hydroxylation is 1. The van der Waals surface area contributed by atoms with Gasteiger partial charge in [-0.05, 0) is 87.3 Å². The summed E-state index contributed by atoms with van der Waals surface area (Å²) in [6.07, 6.45) is 2.62. The highest BCUT2D eigenvalue weighted by molar-refractivity contribution is 6.06. The molecule has 0 bridgehead atoms. The minimum absolute atomic E-state index is 0.0217. The fourth-order valence-corrected chi connectivity index (χ4v) is 4.93. The molecule has 0 spiro atoms. The van der Waals surface area contributed by atoms with Gasteiger partial charge in [-0.3, -0.25) is 14.2 Å². The number of likely N-dealkylation sites (tertiary alicyclic amines) is 1. The highest BCUT2D eigenvalue weighted by Crippen LogP contribution is 2.23. The van der Waals surface area contributed by atoms with Gasteiger partial charge in [-0.2, -0.15) is 0 Å². The summed E-state index contributed by atoms with van der Waals surface area (Å²) in [6.45, 7) is 4.74. The first-order chi connectivity index (χ1) is 17.5. The average Bonchev–Trinajstić information content (AvgIpc) is 3.23. The lowest BCUT2D eigenvalue weighted by atomic mass is 9.96. The standard InChI is InChI=1S/C29H31N5O2/c1-20-31-26-19-23(9-12-27(26)34(20)25-5-3-2-4-6-25)29(36)32-24-10-7-21(8-11-24)13-16-33-17-14-22(15-18-33)28(30)35/h2-12,19,22H,13-18H2,1H3,(H2,30,35)(H,32,36). The van der Waals surface area contributed by atoms with Crippen LogP contribution in [0.2, 0.25) is 0 Å². The van der Waals surface area contributed by atoms with E-state index in [1.807, 2.05) is 67.6 Å². The third kappa shape index (κ3) is 5.16. The van der Waals surface area contributed by atoms with Gasteiger partial charge in [-0.15, -0.1) is 0 Å². The number of primary amides is 1. The van der Waals surface area contributed by atoms with E-state index in [9.17, 15) is 9.59 Å². The molecule has 1 saturated heterocycles. The van der Waals surface area contributed by atoms with Gasteiger partial charge in [0.25, 0.3) is 5.91 Å². The first-order valence-electron chi connectivity index (χ1n) is 12.4. The Kier molecular flexibility index (Phi) is 6.82. The minimum Gasteiger partial charge on any atom is -0.369 e. The van der Waals surface area contributed by atoms with E-state index in [2.05, 4.69) is 31.9 Å². The summed E-state index contributed by atoms with van der Waals surface area (Å²) in [5.41, 5.74) is 10.8. The van der Waals surface area contributed by atoms with Crippen LogP contribution in [0, 0.1) is 12.8 Å². The van der Waals surface area contributed by atoms with Crippen molar-refractivity contribution >= 4 is 28.5 Å². The van der Waals surface area contributed by atoms with Gasteiger partial charge in [0, 0.05) is 29.4 Å². The van der Waals surface area contributed by atoms with Gasteiger partial charge in [0.15, 0.2) is 0 Å². The third-order valence-electron chi connectivity index (χ3n) is 7.02. The molecule has 4 aromatic rings. The van der Waals surface area contributed by atoms with Gasteiger partial charge in [0.2, 0.25) is 5.91 Å². The average molecular weight is 482 g/mol. The number of fused-ring (bicyclic) bond motifs is 1. The zero-order valence-corrected chi connectivity index (χ0v) is 20.5. The number of hydrogen-bond donors (Lipinski definition) is 2. The monoisotopic (exact) mass is 481 g/mol. The van der Waals surface area contributed by atoms with Crippen molar-refractivity contribution in [1.29, 1.82) is 0 Å². The van der Waals surface area contributed by atoms with Gasteiger partial charge >= 0.3 is 0 Å². The summed E-state index contributed by atoms with van der Waals surface area (Å²) < 4.78 is 2.09. The maximum atomic E-state index is 12.9. The van der Waals surface area contributed by atoms with Gasteiger partial charge < -0.3 is 16.0 Å². The summed E-state index contributed by atoms with van der Waals surface area (Å²) in [7, 11) is 0. The number of carbonyl (C=O) groups is 2. The van der Waals surface area contributed by atoms with Crippen molar-refractivity contribution in [3.8, 4) is 5.69 Å². The SMILES string of the molecule is Cc1nc2cc(C(=O)Nc3ccc(CCN4CCC(C(N)=O)CC4)cc3)ccc2n1-c1ccccc1. The van der Waals surface area contributed by atoms with Crippen LogP contribution in [0.3, 0.4) is 0 Å². The number of imidazole rings is 1. The normalized spacial score (nSPS) is 14.7. The van der Waals surface area contributed by atoms with Crippen molar-refractivity contribution in [3.05, 3.63) is 89.7 Å². The van der Waals surface area contributed by atoms with Crippen LogP contribution in [0.1, 0.15) is 34.6 Å². The van der Waals surface area contributed by atoms with Gasteiger partial charge in [-0.25, -0.2) is 4.98 Å². The molecule has 5 rings (SSSR count). The Hall–Kier alpha value is -3.97. The van der Waals surface area contributed by atoms with Crippen LogP contribution in [0.5, 0.6) is 0 Å². The van der Waals surface area contributed by atoms with Crippen LogP contribution >= 0.6 is 0 Å². The number of benzene rings is 3. The smallest absolute Gasteiger partial charge is 0.255 e. The number of nitrogens with two attached hydrogens (primary N) is 1. The lowest BCUT2D eigenvalue weighted by Crippen LogP contribution is -2.39. The van der Waals surface area contributed by atoms with Crippen LogP contribution < -0.4 is 11.1 Å². The lowest BCUT2D eigenvalue weighted by molar-refractivity contribution is -0.123. The van der Waals surface area contributed by atoms with E-state index in [0.29, 0.717) is 5.56 Å². The third-order valence-corrected chi connectivity index (χ3v) is 7.02. The van der Waals surface area contributed by atoms with Crippen molar-refractivity contribution < 1.29 is 9.59 Å². The van der Waals surface area contributed by atoms with Crippen LogP contribution in [0.15, 0.2) is 72.8 Å². The van der Waals surface area contributed by atoms with E-state index >= 15 is 0 Å². The first kappa shape index (κ1) is 23.8. The molecule has 1 aromatic heterocycles. The topological polar surface area (TPSA) is 93.2 Å². The second-order valence-electron chi connectivity index (χ2n) is 9.45. The molecule has 184 valence electrons. The van der Waals surface area contributed by atoms with E-state index in [4.69, 9.17) is 5.73 Å². The number of rotatable bonds is 7. The number of piperidine rings is 1. The predicted octanol–water partition coefficient (Wildman–Crippen LogP) is 4.33. The molecular formula is C29H31N5O2. The van der Waals surface area contributed by atoms with Gasteiger partial charge in [0.1, 0.15) is 5.82 Å². The number of nitrogens with zero attached hydrogens (tertiary/aromatic N) is 3. The molecule has 1 aliphatic rings. The summed E-state index contributed by atoms with van der Waals surface area (Å²) in [6, 6.07) is 23.7. The molecule has 36 heavy (non-hydrogen) atoms. The summed E-state index contributed by atoms with van der Waals surface area (Å²) >= 11 is 0. The predicted molar refractivity (Wildman–Crippen MR) is 142 cm³/mol. The fourth-order valence-electron chi connectivity index (χ4n) is 4.93. The van der Waals surface area contributed by atoms with Crippen LogP contribution in [0.25, 0.3) is 16.7 Å². The number of para-hydroxylation sites is 1. The molecule has 0 unspecified atom stereocenters. The fraction of sp³-hybridized carbons (Fsp3) is 0.276.